The predicted molar refractivity (Wildman–Crippen MR) is 73.2 cm³/mol. The molecule has 0 bridgehead atoms. The Morgan fingerprint density at radius 3 is 2.84 bits per heavy atom. The first-order valence-corrected chi connectivity index (χ1v) is 6.94. The van der Waals surface area contributed by atoms with Crippen molar-refractivity contribution in [1.29, 1.82) is 0 Å². The fourth-order valence-corrected chi connectivity index (χ4v) is 3.04. The Morgan fingerprint density at radius 2 is 2.11 bits per heavy atom. The van der Waals surface area contributed by atoms with Gasteiger partial charge in [-0.25, -0.2) is 0 Å². The molecule has 1 aromatic carbocycles. The van der Waals surface area contributed by atoms with E-state index in [0.717, 1.165) is 19.5 Å². The van der Waals surface area contributed by atoms with Crippen LogP contribution in [0.2, 0.25) is 0 Å². The lowest BCUT2D eigenvalue weighted by molar-refractivity contribution is -0.142. The third-order valence-corrected chi connectivity index (χ3v) is 3.99. The first-order chi connectivity index (χ1) is 9.26. The number of hydrogen-bond donors (Lipinski definition) is 0. The van der Waals surface area contributed by atoms with Crippen LogP contribution in [0.4, 0.5) is 0 Å². The standard InChI is InChI=1S/C16H19NO2/c1-2-13-10-17(9-12-6-4-3-5-7-12)11-15-14(13)8-16(18)19-15/h3-7,10,14-15H,2,8-9,11H2,1H3/t14-,15+/m1/s1. The maximum Gasteiger partial charge on any atom is 0.306 e. The minimum Gasteiger partial charge on any atom is -0.460 e. The monoisotopic (exact) mass is 257 g/mol. The molecule has 1 fully saturated rings. The maximum atomic E-state index is 11.5. The van der Waals surface area contributed by atoms with Crippen molar-refractivity contribution in [1.82, 2.24) is 4.90 Å². The summed E-state index contributed by atoms with van der Waals surface area (Å²) in [6.07, 6.45) is 3.83. The van der Waals surface area contributed by atoms with Crippen LogP contribution in [0, 0.1) is 5.92 Å². The molecule has 100 valence electrons. The van der Waals surface area contributed by atoms with Gasteiger partial charge in [0.15, 0.2) is 0 Å². The van der Waals surface area contributed by atoms with Gasteiger partial charge < -0.3 is 9.64 Å². The lowest BCUT2D eigenvalue weighted by Gasteiger charge is -2.33. The summed E-state index contributed by atoms with van der Waals surface area (Å²) in [7, 11) is 0. The average molecular weight is 257 g/mol. The molecule has 1 saturated heterocycles. The van der Waals surface area contributed by atoms with Crippen molar-refractivity contribution < 1.29 is 9.53 Å². The molecule has 3 nitrogen and oxygen atoms in total. The van der Waals surface area contributed by atoms with Crippen molar-refractivity contribution in [3.8, 4) is 0 Å². The summed E-state index contributed by atoms with van der Waals surface area (Å²) in [5, 5.41) is 0. The van der Waals surface area contributed by atoms with E-state index in [0.29, 0.717) is 12.3 Å². The highest BCUT2D eigenvalue weighted by Crippen LogP contribution is 2.35. The number of hydrogen-bond acceptors (Lipinski definition) is 3. The maximum absolute atomic E-state index is 11.5. The van der Waals surface area contributed by atoms with Gasteiger partial charge in [-0.15, -0.1) is 0 Å². The van der Waals surface area contributed by atoms with E-state index in [1.54, 1.807) is 0 Å². The third kappa shape index (κ3) is 2.50. The topological polar surface area (TPSA) is 29.5 Å². The van der Waals surface area contributed by atoms with Crippen LogP contribution in [0.3, 0.4) is 0 Å². The fourth-order valence-electron chi connectivity index (χ4n) is 3.04. The third-order valence-electron chi connectivity index (χ3n) is 3.99. The highest BCUT2D eigenvalue weighted by Gasteiger charge is 2.39. The van der Waals surface area contributed by atoms with Gasteiger partial charge in [0.1, 0.15) is 6.10 Å². The Kier molecular flexibility index (Phi) is 3.28. The average Bonchev–Trinajstić information content (AvgIpc) is 2.79. The van der Waals surface area contributed by atoms with E-state index < -0.39 is 0 Å². The van der Waals surface area contributed by atoms with E-state index in [9.17, 15) is 4.79 Å². The van der Waals surface area contributed by atoms with Crippen LogP contribution in [0.1, 0.15) is 25.3 Å². The largest absolute Gasteiger partial charge is 0.460 e. The number of benzene rings is 1. The Balaban J connectivity index is 1.77. The Morgan fingerprint density at radius 1 is 1.32 bits per heavy atom. The first kappa shape index (κ1) is 12.3. The lowest BCUT2D eigenvalue weighted by atomic mass is 9.88. The highest BCUT2D eigenvalue weighted by molar-refractivity contribution is 5.73. The normalized spacial score (nSPS) is 25.8. The van der Waals surface area contributed by atoms with E-state index in [1.165, 1.54) is 11.1 Å². The van der Waals surface area contributed by atoms with Crippen LogP contribution in [0.15, 0.2) is 42.1 Å². The van der Waals surface area contributed by atoms with Crippen LogP contribution in [0.25, 0.3) is 0 Å². The molecule has 0 radical (unpaired) electrons. The Bertz CT molecular complexity index is 495. The van der Waals surface area contributed by atoms with Crippen molar-refractivity contribution in [3.05, 3.63) is 47.7 Å². The van der Waals surface area contributed by atoms with Gasteiger partial charge in [-0.2, -0.15) is 0 Å². The number of fused-ring (bicyclic) bond motifs is 1. The van der Waals surface area contributed by atoms with Crippen LogP contribution in [-0.2, 0) is 16.1 Å². The summed E-state index contributed by atoms with van der Waals surface area (Å²) < 4.78 is 5.44. The van der Waals surface area contributed by atoms with Gasteiger partial charge in [-0.1, -0.05) is 37.3 Å². The van der Waals surface area contributed by atoms with E-state index in [-0.39, 0.29) is 12.1 Å². The van der Waals surface area contributed by atoms with Gasteiger partial charge in [-0.05, 0) is 23.8 Å². The molecular weight excluding hydrogens is 238 g/mol. The SMILES string of the molecule is CCC1=CN(Cc2ccccc2)C[C@@H]2OC(=O)C[C@H]12. The molecule has 2 aliphatic rings. The van der Waals surface area contributed by atoms with Crippen molar-refractivity contribution >= 4 is 5.97 Å². The second-order valence-electron chi connectivity index (χ2n) is 5.31. The molecule has 0 aliphatic carbocycles. The molecular formula is C16H19NO2. The number of esters is 1. The van der Waals surface area contributed by atoms with Gasteiger partial charge in [0, 0.05) is 12.5 Å². The zero-order valence-electron chi connectivity index (χ0n) is 11.2. The molecule has 0 amide bonds. The molecule has 3 heteroatoms. The van der Waals surface area contributed by atoms with Crippen molar-refractivity contribution in [2.24, 2.45) is 5.92 Å². The van der Waals surface area contributed by atoms with Gasteiger partial charge in [0.25, 0.3) is 0 Å². The molecule has 0 N–H and O–H groups in total. The zero-order valence-corrected chi connectivity index (χ0v) is 11.2. The minimum absolute atomic E-state index is 0.0455. The number of carbonyl (C=O) groups is 1. The molecule has 0 spiro atoms. The Hall–Kier alpha value is -1.77. The quantitative estimate of drug-likeness (QED) is 0.780. The molecule has 2 aliphatic heterocycles. The van der Waals surface area contributed by atoms with Crippen LogP contribution in [0.5, 0.6) is 0 Å². The molecule has 1 aromatic rings. The summed E-state index contributed by atoms with van der Waals surface area (Å²) in [6.45, 7) is 3.84. The molecule has 19 heavy (non-hydrogen) atoms. The number of nitrogens with zero attached hydrogens (tertiary/aromatic N) is 1. The van der Waals surface area contributed by atoms with Crippen molar-refractivity contribution in [3.63, 3.8) is 0 Å². The summed E-state index contributed by atoms with van der Waals surface area (Å²) in [5.74, 6) is 0.264. The summed E-state index contributed by atoms with van der Waals surface area (Å²) >= 11 is 0. The van der Waals surface area contributed by atoms with Gasteiger partial charge in [-0.3, -0.25) is 4.79 Å². The van der Waals surface area contributed by atoms with Gasteiger partial charge in [0.05, 0.1) is 13.0 Å². The fraction of sp³-hybridized carbons (Fsp3) is 0.438. The summed E-state index contributed by atoms with van der Waals surface area (Å²) in [4.78, 5) is 13.7. The van der Waals surface area contributed by atoms with Crippen molar-refractivity contribution in [2.45, 2.75) is 32.4 Å². The number of rotatable bonds is 3. The van der Waals surface area contributed by atoms with Crippen molar-refractivity contribution in [2.75, 3.05) is 6.54 Å². The molecule has 2 atom stereocenters. The predicted octanol–water partition coefficient (Wildman–Crippen LogP) is 2.73. The smallest absolute Gasteiger partial charge is 0.306 e. The number of carbonyl (C=O) groups excluding carboxylic acids is 1. The zero-order chi connectivity index (χ0) is 13.2. The minimum atomic E-state index is -0.0455. The summed E-state index contributed by atoms with van der Waals surface area (Å²) in [5.41, 5.74) is 2.63. The van der Waals surface area contributed by atoms with Crippen LogP contribution < -0.4 is 0 Å². The molecule has 0 saturated carbocycles. The molecule has 3 rings (SSSR count). The summed E-state index contributed by atoms with van der Waals surface area (Å²) in [6, 6.07) is 10.4. The second kappa shape index (κ2) is 5.08. The molecule has 2 heterocycles. The first-order valence-electron chi connectivity index (χ1n) is 6.94. The van der Waals surface area contributed by atoms with E-state index in [4.69, 9.17) is 4.74 Å². The molecule has 0 aromatic heterocycles. The van der Waals surface area contributed by atoms with E-state index >= 15 is 0 Å². The number of ether oxygens (including phenoxy) is 1. The lowest BCUT2D eigenvalue weighted by Crippen LogP contribution is -2.37. The van der Waals surface area contributed by atoms with Gasteiger partial charge >= 0.3 is 5.97 Å². The second-order valence-corrected chi connectivity index (χ2v) is 5.31. The van der Waals surface area contributed by atoms with E-state index in [2.05, 4.69) is 42.3 Å². The molecule has 0 unspecified atom stereocenters. The van der Waals surface area contributed by atoms with Crippen LogP contribution >= 0.6 is 0 Å². The Labute approximate surface area is 113 Å². The van der Waals surface area contributed by atoms with E-state index in [1.807, 2.05) is 6.07 Å². The highest BCUT2D eigenvalue weighted by atomic mass is 16.6. The van der Waals surface area contributed by atoms with Crippen LogP contribution in [-0.4, -0.2) is 23.5 Å². The van der Waals surface area contributed by atoms with Gasteiger partial charge in [0.2, 0.25) is 0 Å².